The second kappa shape index (κ2) is 6.58. The first-order valence-corrected chi connectivity index (χ1v) is 6.76. The molecule has 0 aliphatic carbocycles. The molecule has 7 heteroatoms. The molecule has 4 nitrogen and oxygen atoms in total. The number of imidazole rings is 1. The monoisotopic (exact) mass is 293 g/mol. The van der Waals surface area contributed by atoms with Crippen molar-refractivity contribution in [3.05, 3.63) is 18.2 Å². The smallest absolute Gasteiger partial charge is 0.374 e. The molecule has 0 aromatic carbocycles. The normalized spacial score (nSPS) is 15.6. The minimum atomic E-state index is -4.76. The zero-order chi connectivity index (χ0) is 15.4. The molecular formula is C13H22F3N3O. The fourth-order valence-corrected chi connectivity index (χ4v) is 2.18. The molecule has 1 unspecified atom stereocenters. The molecule has 0 saturated carbocycles. The number of aryl methyl sites for hydroxylation is 1. The van der Waals surface area contributed by atoms with Gasteiger partial charge in [0, 0.05) is 31.9 Å². The summed E-state index contributed by atoms with van der Waals surface area (Å²) in [4.78, 5) is 3.66. The highest BCUT2D eigenvalue weighted by Crippen LogP contribution is 2.40. The van der Waals surface area contributed by atoms with Crippen molar-refractivity contribution in [2.24, 2.45) is 7.05 Å². The van der Waals surface area contributed by atoms with Gasteiger partial charge in [-0.1, -0.05) is 13.8 Å². The third-order valence-electron chi connectivity index (χ3n) is 3.57. The van der Waals surface area contributed by atoms with Crippen molar-refractivity contribution in [2.45, 2.75) is 50.9 Å². The summed E-state index contributed by atoms with van der Waals surface area (Å²) in [6.07, 6.45) is -0.910. The van der Waals surface area contributed by atoms with Crippen LogP contribution >= 0.6 is 0 Å². The third kappa shape index (κ3) is 3.52. The molecule has 1 heterocycles. The van der Waals surface area contributed by atoms with Gasteiger partial charge < -0.3 is 15.0 Å². The number of nitrogens with zero attached hydrogens (tertiary/aromatic N) is 2. The highest BCUT2D eigenvalue weighted by atomic mass is 19.4. The van der Waals surface area contributed by atoms with Gasteiger partial charge in [-0.3, -0.25) is 0 Å². The molecule has 1 rings (SSSR count). The van der Waals surface area contributed by atoms with Crippen LogP contribution in [0.5, 0.6) is 0 Å². The highest BCUT2D eigenvalue weighted by molar-refractivity contribution is 5.08. The van der Waals surface area contributed by atoms with Gasteiger partial charge in [0.05, 0.1) is 0 Å². The molecule has 116 valence electrons. The zero-order valence-electron chi connectivity index (χ0n) is 12.0. The summed E-state index contributed by atoms with van der Waals surface area (Å²) in [5.41, 5.74) is -2.93. The molecule has 0 aliphatic rings. The molecule has 0 bridgehead atoms. The molecule has 1 aromatic heterocycles. The number of hydrogen-bond acceptors (Lipinski definition) is 3. The Morgan fingerprint density at radius 3 is 2.35 bits per heavy atom. The van der Waals surface area contributed by atoms with Gasteiger partial charge in [-0.05, 0) is 19.4 Å². The van der Waals surface area contributed by atoms with E-state index in [-0.39, 0.29) is 18.4 Å². The average Bonchev–Trinajstić information content (AvgIpc) is 2.79. The Hall–Kier alpha value is -1.08. The van der Waals surface area contributed by atoms with Crippen LogP contribution in [0.1, 0.15) is 38.9 Å². The Labute approximate surface area is 117 Å². The molecule has 1 aromatic rings. The number of aromatic nitrogens is 2. The van der Waals surface area contributed by atoms with Crippen LogP contribution in [-0.4, -0.2) is 33.4 Å². The fourth-order valence-electron chi connectivity index (χ4n) is 2.18. The lowest BCUT2D eigenvalue weighted by Crippen LogP contribution is -2.47. The lowest BCUT2D eigenvalue weighted by Gasteiger charge is -2.30. The largest absolute Gasteiger partial charge is 0.424 e. The van der Waals surface area contributed by atoms with E-state index in [0.717, 1.165) is 12.8 Å². The number of alkyl halides is 3. The SMILES string of the molecule is CCC(CC)NCCC(O)(c1nccn1C)C(F)(F)F. The maximum absolute atomic E-state index is 13.2. The lowest BCUT2D eigenvalue weighted by atomic mass is 9.97. The van der Waals surface area contributed by atoms with Crippen LogP contribution in [0.2, 0.25) is 0 Å². The number of aliphatic hydroxyl groups is 1. The summed E-state index contributed by atoms with van der Waals surface area (Å²) in [5, 5.41) is 13.1. The maximum Gasteiger partial charge on any atom is 0.424 e. The average molecular weight is 293 g/mol. The molecule has 0 amide bonds. The van der Waals surface area contributed by atoms with Crippen molar-refractivity contribution in [1.82, 2.24) is 14.9 Å². The molecule has 20 heavy (non-hydrogen) atoms. The topological polar surface area (TPSA) is 50.1 Å². The fraction of sp³-hybridized carbons (Fsp3) is 0.769. The van der Waals surface area contributed by atoms with Crippen molar-refractivity contribution >= 4 is 0 Å². The summed E-state index contributed by atoms with van der Waals surface area (Å²) in [7, 11) is 1.44. The van der Waals surface area contributed by atoms with Gasteiger partial charge in [0.25, 0.3) is 0 Å². The van der Waals surface area contributed by atoms with Crippen molar-refractivity contribution in [2.75, 3.05) is 6.54 Å². The molecule has 0 saturated heterocycles. The van der Waals surface area contributed by atoms with E-state index in [4.69, 9.17) is 0 Å². The van der Waals surface area contributed by atoms with Crippen LogP contribution in [0.4, 0.5) is 13.2 Å². The van der Waals surface area contributed by atoms with Crippen molar-refractivity contribution in [3.8, 4) is 0 Å². The maximum atomic E-state index is 13.2. The van der Waals surface area contributed by atoms with Crippen molar-refractivity contribution < 1.29 is 18.3 Å². The summed E-state index contributed by atoms with van der Waals surface area (Å²) < 4.78 is 40.8. The first kappa shape index (κ1) is 17.0. The molecular weight excluding hydrogens is 271 g/mol. The number of rotatable bonds is 7. The van der Waals surface area contributed by atoms with Crippen LogP contribution in [-0.2, 0) is 12.6 Å². The van der Waals surface area contributed by atoms with E-state index in [9.17, 15) is 18.3 Å². The van der Waals surface area contributed by atoms with Crippen LogP contribution in [0, 0.1) is 0 Å². The van der Waals surface area contributed by atoms with Crippen LogP contribution in [0.3, 0.4) is 0 Å². The first-order chi connectivity index (χ1) is 9.26. The van der Waals surface area contributed by atoms with E-state index in [2.05, 4.69) is 10.3 Å². The minimum Gasteiger partial charge on any atom is -0.374 e. The number of nitrogens with one attached hydrogen (secondary N) is 1. The molecule has 0 radical (unpaired) electrons. The van der Waals surface area contributed by atoms with Gasteiger partial charge in [0.2, 0.25) is 5.60 Å². The van der Waals surface area contributed by atoms with E-state index in [0.29, 0.717) is 0 Å². The predicted octanol–water partition coefficient (Wildman–Crippen LogP) is 2.34. The Morgan fingerprint density at radius 2 is 1.95 bits per heavy atom. The van der Waals surface area contributed by atoms with Gasteiger partial charge in [-0.25, -0.2) is 4.98 Å². The van der Waals surface area contributed by atoms with Crippen molar-refractivity contribution in [3.63, 3.8) is 0 Å². The quantitative estimate of drug-likeness (QED) is 0.811. The Bertz CT molecular complexity index is 415. The molecule has 0 aliphatic heterocycles. The van der Waals surface area contributed by atoms with E-state index < -0.39 is 18.2 Å². The van der Waals surface area contributed by atoms with E-state index in [1.165, 1.54) is 24.0 Å². The van der Waals surface area contributed by atoms with Gasteiger partial charge in [-0.2, -0.15) is 13.2 Å². The first-order valence-electron chi connectivity index (χ1n) is 6.76. The van der Waals surface area contributed by atoms with E-state index in [1.54, 1.807) is 0 Å². The summed E-state index contributed by atoms with van der Waals surface area (Å²) in [6, 6.07) is 0.161. The predicted molar refractivity (Wildman–Crippen MR) is 70.1 cm³/mol. The molecule has 0 fully saturated rings. The second-order valence-electron chi connectivity index (χ2n) is 4.94. The molecule has 0 spiro atoms. The summed E-state index contributed by atoms with van der Waals surface area (Å²) in [5.74, 6) is -0.378. The van der Waals surface area contributed by atoms with Crippen LogP contribution < -0.4 is 5.32 Å². The zero-order valence-corrected chi connectivity index (χ0v) is 12.0. The second-order valence-corrected chi connectivity index (χ2v) is 4.94. The molecule has 2 N–H and O–H groups in total. The van der Waals surface area contributed by atoms with Crippen molar-refractivity contribution in [1.29, 1.82) is 0 Å². The standard InChI is InChI=1S/C13H22F3N3O/c1-4-10(5-2)17-7-6-12(20,13(14,15)16)11-18-8-9-19(11)3/h8-10,17,20H,4-7H2,1-3H3. The highest BCUT2D eigenvalue weighted by Gasteiger charge is 2.57. The van der Waals surface area contributed by atoms with Gasteiger partial charge in [-0.15, -0.1) is 0 Å². The Morgan fingerprint density at radius 1 is 1.35 bits per heavy atom. The number of halogens is 3. The Balaban J connectivity index is 2.84. The van der Waals surface area contributed by atoms with Crippen LogP contribution in [0.25, 0.3) is 0 Å². The summed E-state index contributed by atoms with van der Waals surface area (Å²) >= 11 is 0. The van der Waals surface area contributed by atoms with Crippen LogP contribution in [0.15, 0.2) is 12.4 Å². The Kier molecular flexibility index (Phi) is 5.59. The van der Waals surface area contributed by atoms with E-state index >= 15 is 0 Å². The summed E-state index contributed by atoms with van der Waals surface area (Å²) in [6.45, 7) is 4.01. The van der Waals surface area contributed by atoms with Gasteiger partial charge in [0.1, 0.15) is 5.82 Å². The minimum absolute atomic E-state index is 0.0786. The lowest BCUT2D eigenvalue weighted by molar-refractivity contribution is -0.272. The van der Waals surface area contributed by atoms with Gasteiger partial charge >= 0.3 is 6.18 Å². The molecule has 1 atom stereocenters. The van der Waals surface area contributed by atoms with E-state index in [1.807, 2.05) is 13.8 Å². The number of hydrogen-bond donors (Lipinski definition) is 2. The third-order valence-corrected chi connectivity index (χ3v) is 3.57. The van der Waals surface area contributed by atoms with Gasteiger partial charge in [0.15, 0.2) is 0 Å².